The Balaban J connectivity index is 0. The minimum Gasteiger partial charge on any atom is -0.291 e. The first-order chi connectivity index (χ1) is 5.29. The molecular weight excluding hydrogens is 160 g/mol. The second-order valence-corrected chi connectivity index (χ2v) is 2.22. The van der Waals surface area contributed by atoms with E-state index in [4.69, 9.17) is 0 Å². The number of Topliss-reactive ketones (excluding diaryl/α,β-unsaturated/α-hetero) is 4. The van der Waals surface area contributed by atoms with E-state index in [1.165, 1.54) is 27.7 Å². The summed E-state index contributed by atoms with van der Waals surface area (Å²) in [4.78, 5) is 39.2. The summed E-state index contributed by atoms with van der Waals surface area (Å²) in [5.41, 5.74) is 0. The maximum absolute atomic E-state index is 9.79. The molecule has 0 fully saturated rings. The van der Waals surface area contributed by atoms with E-state index >= 15 is 0 Å². The van der Waals surface area contributed by atoms with Gasteiger partial charge in [-0.15, -0.1) is 0 Å². The molecular formula is C8H12O4. The van der Waals surface area contributed by atoms with Gasteiger partial charge in [0.2, 0.25) is 0 Å². The van der Waals surface area contributed by atoms with Crippen LogP contribution in [-0.4, -0.2) is 23.1 Å². The van der Waals surface area contributed by atoms with Crippen molar-refractivity contribution in [2.24, 2.45) is 0 Å². The summed E-state index contributed by atoms with van der Waals surface area (Å²) in [6, 6.07) is 0. The zero-order valence-corrected chi connectivity index (χ0v) is 7.63. The van der Waals surface area contributed by atoms with Gasteiger partial charge in [0.1, 0.15) is 0 Å². The Hall–Kier alpha value is -1.32. The molecule has 0 aromatic carbocycles. The summed E-state index contributed by atoms with van der Waals surface area (Å²) in [5, 5.41) is 0. The van der Waals surface area contributed by atoms with Crippen molar-refractivity contribution in [3.8, 4) is 0 Å². The topological polar surface area (TPSA) is 68.3 Å². The Morgan fingerprint density at radius 1 is 0.500 bits per heavy atom. The van der Waals surface area contributed by atoms with Crippen molar-refractivity contribution < 1.29 is 19.2 Å². The van der Waals surface area contributed by atoms with Crippen LogP contribution in [0, 0.1) is 0 Å². The number of rotatable bonds is 2. The lowest BCUT2D eigenvalue weighted by atomic mass is 10.3. The van der Waals surface area contributed by atoms with Gasteiger partial charge in [0, 0.05) is 27.7 Å². The lowest BCUT2D eigenvalue weighted by molar-refractivity contribution is -0.134. The van der Waals surface area contributed by atoms with Crippen LogP contribution in [0.5, 0.6) is 0 Å². The Bertz CT molecular complexity index is 167. The van der Waals surface area contributed by atoms with Crippen LogP contribution in [0.15, 0.2) is 0 Å². The summed E-state index contributed by atoms with van der Waals surface area (Å²) in [5.74, 6) is -1.52. The summed E-state index contributed by atoms with van der Waals surface area (Å²) in [6.45, 7) is 5.01. The third-order valence-corrected chi connectivity index (χ3v) is 0.992. The molecule has 0 heterocycles. The van der Waals surface area contributed by atoms with E-state index in [1.807, 2.05) is 0 Å². The molecule has 0 aliphatic rings. The molecule has 0 rings (SSSR count). The van der Waals surface area contributed by atoms with Crippen LogP contribution in [0.25, 0.3) is 0 Å². The molecule has 12 heavy (non-hydrogen) atoms. The Kier molecular flexibility index (Phi) is 7.08. The molecule has 0 spiro atoms. The van der Waals surface area contributed by atoms with Crippen molar-refractivity contribution in [1.29, 1.82) is 0 Å². The normalized spacial score (nSPS) is 7.67. The monoisotopic (exact) mass is 172 g/mol. The van der Waals surface area contributed by atoms with E-state index in [9.17, 15) is 19.2 Å². The molecule has 4 heteroatoms. The smallest absolute Gasteiger partial charge is 0.195 e. The largest absolute Gasteiger partial charge is 0.291 e. The molecule has 0 atom stereocenters. The number of ketones is 4. The summed E-state index contributed by atoms with van der Waals surface area (Å²) in [6.07, 6.45) is 0. The molecule has 0 aromatic rings. The molecule has 0 saturated carbocycles. The lowest BCUT2D eigenvalue weighted by Gasteiger charge is -1.73. The molecule has 0 aromatic heterocycles. The lowest BCUT2D eigenvalue weighted by Crippen LogP contribution is -2.01. The van der Waals surface area contributed by atoms with E-state index in [1.54, 1.807) is 0 Å². The van der Waals surface area contributed by atoms with Crippen LogP contribution in [0.2, 0.25) is 0 Å². The van der Waals surface area contributed by atoms with Crippen LogP contribution in [0.1, 0.15) is 27.7 Å². The van der Waals surface area contributed by atoms with Gasteiger partial charge >= 0.3 is 0 Å². The van der Waals surface area contributed by atoms with Gasteiger partial charge in [0.05, 0.1) is 0 Å². The highest BCUT2D eigenvalue weighted by Gasteiger charge is 1.94. The van der Waals surface area contributed by atoms with Gasteiger partial charge in [0.25, 0.3) is 0 Å². The van der Waals surface area contributed by atoms with Gasteiger partial charge in [-0.05, 0) is 0 Å². The Labute approximate surface area is 70.9 Å². The van der Waals surface area contributed by atoms with Crippen molar-refractivity contribution in [1.82, 2.24) is 0 Å². The van der Waals surface area contributed by atoms with Crippen molar-refractivity contribution in [2.45, 2.75) is 27.7 Å². The van der Waals surface area contributed by atoms with Gasteiger partial charge in [-0.2, -0.15) is 0 Å². The number of carbonyl (C=O) groups excluding carboxylic acids is 4. The highest BCUT2D eigenvalue weighted by Crippen LogP contribution is 1.67. The van der Waals surface area contributed by atoms with Gasteiger partial charge in [-0.3, -0.25) is 19.2 Å². The quantitative estimate of drug-likeness (QED) is 0.563. The SMILES string of the molecule is CC(=O)C(C)=O.CC(=O)C(C)=O. The molecule has 0 aliphatic heterocycles. The van der Waals surface area contributed by atoms with Crippen LogP contribution in [0.3, 0.4) is 0 Å². The zero-order chi connectivity index (χ0) is 10.3. The molecule has 68 valence electrons. The Morgan fingerprint density at radius 2 is 0.583 bits per heavy atom. The zero-order valence-electron chi connectivity index (χ0n) is 7.63. The predicted molar refractivity (Wildman–Crippen MR) is 42.7 cm³/mol. The molecule has 0 unspecified atom stereocenters. The van der Waals surface area contributed by atoms with Gasteiger partial charge in [-0.1, -0.05) is 0 Å². The second kappa shape index (κ2) is 6.39. The summed E-state index contributed by atoms with van der Waals surface area (Å²) >= 11 is 0. The summed E-state index contributed by atoms with van der Waals surface area (Å²) < 4.78 is 0. The number of carbonyl (C=O) groups is 4. The highest BCUT2D eigenvalue weighted by molar-refractivity contribution is 6.35. The van der Waals surface area contributed by atoms with Crippen molar-refractivity contribution in [3.05, 3.63) is 0 Å². The minimum absolute atomic E-state index is 0.380. The summed E-state index contributed by atoms with van der Waals surface area (Å²) in [7, 11) is 0. The minimum atomic E-state index is -0.380. The maximum Gasteiger partial charge on any atom is 0.195 e. The fourth-order valence-electron chi connectivity index (χ4n) is 0. The van der Waals surface area contributed by atoms with Crippen molar-refractivity contribution in [3.63, 3.8) is 0 Å². The van der Waals surface area contributed by atoms with E-state index in [0.29, 0.717) is 0 Å². The van der Waals surface area contributed by atoms with Crippen molar-refractivity contribution in [2.75, 3.05) is 0 Å². The van der Waals surface area contributed by atoms with Crippen LogP contribution < -0.4 is 0 Å². The second-order valence-electron chi connectivity index (χ2n) is 2.22. The fraction of sp³-hybridized carbons (Fsp3) is 0.500. The molecule has 0 aliphatic carbocycles. The molecule has 0 saturated heterocycles. The first kappa shape index (κ1) is 13.3. The average Bonchev–Trinajstić information content (AvgIpc) is 1.88. The van der Waals surface area contributed by atoms with Crippen LogP contribution in [-0.2, 0) is 19.2 Å². The molecule has 0 N–H and O–H groups in total. The average molecular weight is 172 g/mol. The first-order valence-corrected chi connectivity index (χ1v) is 3.32. The third kappa shape index (κ3) is 11.5. The number of hydrogen-bond donors (Lipinski definition) is 0. The molecule has 0 bridgehead atoms. The van der Waals surface area contributed by atoms with Gasteiger partial charge in [-0.25, -0.2) is 0 Å². The fourth-order valence-corrected chi connectivity index (χ4v) is 0. The van der Waals surface area contributed by atoms with E-state index in [0.717, 1.165) is 0 Å². The highest BCUT2D eigenvalue weighted by atomic mass is 16.2. The van der Waals surface area contributed by atoms with E-state index in [-0.39, 0.29) is 23.1 Å². The van der Waals surface area contributed by atoms with Gasteiger partial charge < -0.3 is 0 Å². The van der Waals surface area contributed by atoms with Crippen molar-refractivity contribution >= 4 is 23.1 Å². The van der Waals surface area contributed by atoms with Gasteiger partial charge in [0.15, 0.2) is 23.1 Å². The van der Waals surface area contributed by atoms with Crippen LogP contribution in [0.4, 0.5) is 0 Å². The van der Waals surface area contributed by atoms with E-state index in [2.05, 4.69) is 0 Å². The Morgan fingerprint density at radius 3 is 0.583 bits per heavy atom. The maximum atomic E-state index is 9.79. The predicted octanol–water partition coefficient (Wildman–Crippen LogP) is 0.329. The van der Waals surface area contributed by atoms with E-state index < -0.39 is 0 Å². The first-order valence-electron chi connectivity index (χ1n) is 3.32. The number of hydrogen-bond acceptors (Lipinski definition) is 4. The molecule has 4 nitrogen and oxygen atoms in total. The standard InChI is InChI=1S/2C4H6O2/c2*1-3(5)4(2)6/h2*1-2H3. The third-order valence-electron chi connectivity index (χ3n) is 0.992. The molecule has 0 amide bonds. The molecule has 0 radical (unpaired) electrons. The van der Waals surface area contributed by atoms with Crippen LogP contribution >= 0.6 is 0 Å².